The highest BCUT2D eigenvalue weighted by molar-refractivity contribution is 5.20. The van der Waals surface area contributed by atoms with Crippen LogP contribution < -0.4 is 5.32 Å². The summed E-state index contributed by atoms with van der Waals surface area (Å²) in [6.45, 7) is 7.36. The van der Waals surface area contributed by atoms with Crippen LogP contribution in [0, 0.1) is 6.92 Å². The quantitative estimate of drug-likeness (QED) is 0.789. The van der Waals surface area contributed by atoms with Crippen LogP contribution in [-0.2, 0) is 13.1 Å². The van der Waals surface area contributed by atoms with Crippen molar-refractivity contribution < 1.29 is 4.42 Å². The summed E-state index contributed by atoms with van der Waals surface area (Å²) in [6, 6.07) is 3.02. The van der Waals surface area contributed by atoms with Crippen LogP contribution in [0.25, 0.3) is 0 Å². The van der Waals surface area contributed by atoms with Crippen molar-refractivity contribution in [2.24, 2.45) is 0 Å². The first-order valence-electron chi connectivity index (χ1n) is 6.71. The number of nitrogens with zero attached hydrogens (tertiary/aromatic N) is 1. The molecule has 96 valence electrons. The fraction of sp³-hybridized carbons (Fsp3) is 0.714. The molecule has 1 aromatic rings. The monoisotopic (exact) mass is 236 g/mol. The Morgan fingerprint density at radius 3 is 2.82 bits per heavy atom. The zero-order chi connectivity index (χ0) is 12.3. The van der Waals surface area contributed by atoms with Crippen LogP contribution in [0.15, 0.2) is 10.5 Å². The van der Waals surface area contributed by atoms with Gasteiger partial charge in [0.2, 0.25) is 0 Å². The Bertz CT molecular complexity index is 355. The Kier molecular flexibility index (Phi) is 4.24. The van der Waals surface area contributed by atoms with Gasteiger partial charge in [0.25, 0.3) is 0 Å². The number of aryl methyl sites for hydroxylation is 1. The normalized spacial score (nSPS) is 15.8. The average molecular weight is 236 g/mol. The van der Waals surface area contributed by atoms with Crippen molar-refractivity contribution in [3.05, 3.63) is 23.2 Å². The first kappa shape index (κ1) is 12.7. The average Bonchev–Trinajstić information content (AvgIpc) is 3.07. The molecule has 1 aliphatic carbocycles. The summed E-state index contributed by atoms with van der Waals surface area (Å²) in [6.07, 6.45) is 3.95. The molecule has 1 aromatic heterocycles. The molecule has 1 N–H and O–H groups in total. The van der Waals surface area contributed by atoms with E-state index >= 15 is 0 Å². The van der Waals surface area contributed by atoms with Gasteiger partial charge in [-0.2, -0.15) is 0 Å². The van der Waals surface area contributed by atoms with E-state index in [1.165, 1.54) is 31.4 Å². The van der Waals surface area contributed by atoms with Gasteiger partial charge in [-0.25, -0.2) is 0 Å². The minimum atomic E-state index is 0.813. The predicted octanol–water partition coefficient (Wildman–Crippen LogP) is 2.68. The molecule has 0 amide bonds. The van der Waals surface area contributed by atoms with Crippen LogP contribution in [0.4, 0.5) is 0 Å². The smallest absolute Gasteiger partial charge is 0.118 e. The van der Waals surface area contributed by atoms with Crippen LogP contribution in [0.3, 0.4) is 0 Å². The van der Waals surface area contributed by atoms with E-state index in [-0.39, 0.29) is 0 Å². The molecular weight excluding hydrogens is 212 g/mol. The second-order valence-electron chi connectivity index (χ2n) is 5.03. The first-order chi connectivity index (χ1) is 8.24. The molecule has 2 rings (SSSR count). The maximum atomic E-state index is 5.84. The number of hydrogen-bond acceptors (Lipinski definition) is 3. The highest BCUT2D eigenvalue weighted by atomic mass is 16.3. The van der Waals surface area contributed by atoms with Gasteiger partial charge in [0.15, 0.2) is 0 Å². The van der Waals surface area contributed by atoms with Gasteiger partial charge >= 0.3 is 0 Å². The Labute approximate surface area is 104 Å². The molecule has 0 saturated heterocycles. The summed E-state index contributed by atoms with van der Waals surface area (Å²) >= 11 is 0. The summed E-state index contributed by atoms with van der Waals surface area (Å²) in [5.74, 6) is 2.18. The predicted molar refractivity (Wildman–Crippen MR) is 69.9 cm³/mol. The van der Waals surface area contributed by atoms with Crippen LogP contribution in [0.5, 0.6) is 0 Å². The molecule has 0 atom stereocenters. The third-order valence-electron chi connectivity index (χ3n) is 3.37. The van der Waals surface area contributed by atoms with Crippen LogP contribution in [0.1, 0.15) is 43.3 Å². The Hall–Kier alpha value is -0.800. The lowest BCUT2D eigenvalue weighted by molar-refractivity contribution is 0.233. The number of furan rings is 1. The van der Waals surface area contributed by atoms with Gasteiger partial charge in [0.05, 0.1) is 6.54 Å². The topological polar surface area (TPSA) is 28.4 Å². The van der Waals surface area contributed by atoms with Crippen molar-refractivity contribution in [1.29, 1.82) is 0 Å². The second-order valence-corrected chi connectivity index (χ2v) is 5.03. The molecule has 0 aromatic carbocycles. The van der Waals surface area contributed by atoms with Gasteiger partial charge in [0, 0.05) is 18.2 Å². The van der Waals surface area contributed by atoms with Crippen LogP contribution in [0.2, 0.25) is 0 Å². The molecule has 3 heteroatoms. The number of rotatable bonds is 7. The van der Waals surface area contributed by atoms with E-state index in [9.17, 15) is 0 Å². The molecule has 0 spiro atoms. The van der Waals surface area contributed by atoms with Gasteiger partial charge < -0.3 is 9.73 Å². The van der Waals surface area contributed by atoms with Crippen LogP contribution in [-0.4, -0.2) is 24.5 Å². The van der Waals surface area contributed by atoms with E-state index < -0.39 is 0 Å². The van der Waals surface area contributed by atoms with E-state index in [1.807, 2.05) is 7.05 Å². The van der Waals surface area contributed by atoms with E-state index in [0.717, 1.165) is 30.7 Å². The van der Waals surface area contributed by atoms with E-state index in [4.69, 9.17) is 4.42 Å². The molecule has 1 heterocycles. The van der Waals surface area contributed by atoms with Gasteiger partial charge in [0.1, 0.15) is 11.5 Å². The first-order valence-corrected chi connectivity index (χ1v) is 6.71. The highest BCUT2D eigenvalue weighted by Crippen LogP contribution is 2.29. The lowest BCUT2D eigenvalue weighted by Gasteiger charge is -2.19. The van der Waals surface area contributed by atoms with Crippen molar-refractivity contribution in [2.75, 3.05) is 13.6 Å². The Morgan fingerprint density at radius 1 is 1.47 bits per heavy atom. The van der Waals surface area contributed by atoms with E-state index in [1.54, 1.807) is 0 Å². The maximum Gasteiger partial charge on any atom is 0.118 e. The molecule has 0 bridgehead atoms. The molecule has 17 heavy (non-hydrogen) atoms. The fourth-order valence-corrected chi connectivity index (χ4v) is 2.35. The zero-order valence-corrected chi connectivity index (χ0v) is 11.3. The zero-order valence-electron chi connectivity index (χ0n) is 11.3. The molecule has 1 aliphatic rings. The summed E-state index contributed by atoms with van der Waals surface area (Å²) in [7, 11) is 1.97. The van der Waals surface area contributed by atoms with Gasteiger partial charge in [-0.3, -0.25) is 4.90 Å². The lowest BCUT2D eigenvalue weighted by atomic mass is 10.2. The SMILES string of the molecule is CCCN(Cc1cc(CNC)c(C)o1)C1CC1. The van der Waals surface area contributed by atoms with Gasteiger partial charge in [-0.05, 0) is 45.8 Å². The van der Waals surface area contributed by atoms with Gasteiger partial charge in [-0.1, -0.05) is 6.92 Å². The minimum absolute atomic E-state index is 0.813. The van der Waals surface area contributed by atoms with Gasteiger partial charge in [-0.15, -0.1) is 0 Å². The third-order valence-corrected chi connectivity index (χ3v) is 3.37. The summed E-state index contributed by atoms with van der Waals surface area (Å²) in [5, 5.41) is 3.18. The third kappa shape index (κ3) is 3.33. The maximum absolute atomic E-state index is 5.84. The van der Waals surface area contributed by atoms with Crippen molar-refractivity contribution >= 4 is 0 Å². The number of nitrogens with one attached hydrogen (secondary N) is 1. The fourth-order valence-electron chi connectivity index (χ4n) is 2.35. The molecule has 0 aliphatic heterocycles. The van der Waals surface area contributed by atoms with E-state index in [0.29, 0.717) is 0 Å². The van der Waals surface area contributed by atoms with E-state index in [2.05, 4.69) is 30.1 Å². The standard InChI is InChI=1S/C14H24N2O/c1-4-7-16(13-5-6-13)10-14-8-12(9-15-3)11(2)17-14/h8,13,15H,4-7,9-10H2,1-3H3. The van der Waals surface area contributed by atoms with Crippen molar-refractivity contribution in [3.8, 4) is 0 Å². The second kappa shape index (κ2) is 5.69. The summed E-state index contributed by atoms with van der Waals surface area (Å²) < 4.78 is 5.84. The molecule has 3 nitrogen and oxygen atoms in total. The van der Waals surface area contributed by atoms with Crippen LogP contribution >= 0.6 is 0 Å². The molecule has 0 unspecified atom stereocenters. The largest absolute Gasteiger partial charge is 0.465 e. The lowest BCUT2D eigenvalue weighted by Crippen LogP contribution is -2.26. The molecular formula is C14H24N2O. The summed E-state index contributed by atoms with van der Waals surface area (Å²) in [5.41, 5.74) is 1.29. The van der Waals surface area contributed by atoms with Crippen molar-refractivity contribution in [3.63, 3.8) is 0 Å². The Morgan fingerprint density at radius 2 is 2.24 bits per heavy atom. The molecule has 1 saturated carbocycles. The summed E-state index contributed by atoms with van der Waals surface area (Å²) in [4.78, 5) is 2.56. The van der Waals surface area contributed by atoms with Crippen molar-refractivity contribution in [2.45, 2.75) is 52.2 Å². The minimum Gasteiger partial charge on any atom is -0.465 e. The molecule has 1 fully saturated rings. The highest BCUT2D eigenvalue weighted by Gasteiger charge is 2.28. The number of hydrogen-bond donors (Lipinski definition) is 1. The van der Waals surface area contributed by atoms with Crippen molar-refractivity contribution in [1.82, 2.24) is 10.2 Å². The molecule has 0 radical (unpaired) electrons. The Balaban J connectivity index is 1.98.